The number of thiophene rings is 1. The fourth-order valence-electron chi connectivity index (χ4n) is 4.49. The molecule has 2 atom stereocenters. The second-order valence-corrected chi connectivity index (χ2v) is 9.73. The van der Waals surface area contributed by atoms with Gasteiger partial charge in [-0.15, -0.1) is 11.3 Å². The minimum atomic E-state index is 0.248. The van der Waals surface area contributed by atoms with E-state index in [1.807, 2.05) is 11.3 Å². The largest absolute Gasteiger partial charge is 0.301 e. The lowest BCUT2D eigenvalue weighted by molar-refractivity contribution is 0.202. The molecule has 0 N–H and O–H groups in total. The van der Waals surface area contributed by atoms with Crippen LogP contribution in [-0.2, 0) is 0 Å². The molecule has 1 aromatic heterocycles. The Balaban J connectivity index is 1.74. The molecule has 2 aliphatic rings. The Labute approximate surface area is 156 Å². The van der Waals surface area contributed by atoms with Crippen molar-refractivity contribution in [1.82, 2.24) is 4.90 Å². The van der Waals surface area contributed by atoms with Crippen LogP contribution in [0.1, 0.15) is 62.0 Å². The number of rotatable bonds is 2. The Hall–Kier alpha value is -1.19. The molecule has 0 amide bonds. The van der Waals surface area contributed by atoms with Crippen molar-refractivity contribution in [2.75, 3.05) is 20.1 Å². The number of hydrogen-bond acceptors (Lipinski definition) is 3. The van der Waals surface area contributed by atoms with Gasteiger partial charge in [0.05, 0.1) is 0 Å². The first-order valence-corrected chi connectivity index (χ1v) is 10.5. The van der Waals surface area contributed by atoms with Gasteiger partial charge in [0.1, 0.15) is 0 Å². The van der Waals surface area contributed by atoms with Crippen LogP contribution in [0, 0.1) is 12.8 Å². The van der Waals surface area contributed by atoms with Crippen molar-refractivity contribution in [3.63, 3.8) is 0 Å². The van der Waals surface area contributed by atoms with E-state index in [1.165, 1.54) is 46.3 Å². The van der Waals surface area contributed by atoms with Crippen LogP contribution in [0.5, 0.6) is 0 Å². The Kier molecular flexibility index (Phi) is 4.28. The molecule has 0 radical (unpaired) electrons. The maximum atomic E-state index is 4.85. The Morgan fingerprint density at radius 3 is 2.68 bits per heavy atom. The molecule has 2 nitrogen and oxygen atoms in total. The molecule has 1 saturated heterocycles. The molecule has 3 heterocycles. The zero-order chi connectivity index (χ0) is 17.8. The lowest BCUT2D eigenvalue weighted by Crippen LogP contribution is -2.38. The molecule has 1 aromatic carbocycles. The van der Waals surface area contributed by atoms with Gasteiger partial charge in [0.25, 0.3) is 0 Å². The zero-order valence-corrected chi connectivity index (χ0v) is 17.0. The Morgan fingerprint density at radius 2 is 2.04 bits per heavy atom. The van der Waals surface area contributed by atoms with E-state index in [1.54, 1.807) is 4.88 Å². The van der Waals surface area contributed by atoms with Gasteiger partial charge in [-0.2, -0.15) is 0 Å². The zero-order valence-electron chi connectivity index (χ0n) is 16.2. The number of fused-ring (bicyclic) bond motifs is 1. The van der Waals surface area contributed by atoms with E-state index < -0.39 is 0 Å². The summed E-state index contributed by atoms with van der Waals surface area (Å²) >= 11 is 2.01. The third-order valence-electron chi connectivity index (χ3n) is 6.68. The third-order valence-corrected chi connectivity index (χ3v) is 8.07. The van der Waals surface area contributed by atoms with E-state index >= 15 is 0 Å². The maximum absolute atomic E-state index is 4.85. The van der Waals surface area contributed by atoms with Crippen LogP contribution >= 0.6 is 11.3 Å². The van der Waals surface area contributed by atoms with E-state index in [4.69, 9.17) is 4.99 Å². The van der Waals surface area contributed by atoms with Gasteiger partial charge in [0.15, 0.2) is 0 Å². The molecule has 0 aliphatic carbocycles. The molecule has 0 spiro atoms. The van der Waals surface area contributed by atoms with Crippen LogP contribution in [0.25, 0.3) is 10.1 Å². The fourth-order valence-corrected chi connectivity index (χ4v) is 6.00. The molecular weight excluding hydrogens is 324 g/mol. The summed E-state index contributed by atoms with van der Waals surface area (Å²) in [5, 5.41) is 1.45. The maximum Gasteiger partial charge on any atom is 0.0421 e. The van der Waals surface area contributed by atoms with E-state index in [9.17, 15) is 0 Å². The highest BCUT2D eigenvalue weighted by molar-refractivity contribution is 7.19. The molecule has 2 aromatic rings. The highest BCUT2D eigenvalue weighted by Crippen LogP contribution is 2.47. The lowest BCUT2D eigenvalue weighted by atomic mass is 9.85. The van der Waals surface area contributed by atoms with Crippen molar-refractivity contribution in [3.8, 4) is 0 Å². The molecule has 2 aliphatic heterocycles. The average molecular weight is 355 g/mol. The van der Waals surface area contributed by atoms with Crippen LogP contribution in [-0.4, -0.2) is 36.3 Å². The molecule has 3 heteroatoms. The van der Waals surface area contributed by atoms with Crippen LogP contribution in [0.2, 0.25) is 0 Å². The van der Waals surface area contributed by atoms with Crippen molar-refractivity contribution in [2.24, 2.45) is 10.9 Å². The number of likely N-dealkylation sites (N-methyl/N-ethyl adjacent to an activating group) is 1. The van der Waals surface area contributed by atoms with E-state index in [0.29, 0.717) is 5.92 Å². The van der Waals surface area contributed by atoms with Gasteiger partial charge in [-0.05, 0) is 88.2 Å². The molecular formula is C22H30N2S. The fraction of sp³-hybridized carbons (Fsp3) is 0.591. The molecule has 1 unspecified atom stereocenters. The smallest absolute Gasteiger partial charge is 0.0421 e. The van der Waals surface area contributed by atoms with E-state index in [2.05, 4.69) is 57.8 Å². The van der Waals surface area contributed by atoms with E-state index in [-0.39, 0.29) is 5.54 Å². The first-order chi connectivity index (χ1) is 11.9. The molecule has 0 saturated carbocycles. The lowest BCUT2D eigenvalue weighted by Gasteiger charge is -2.33. The normalized spacial score (nSPS) is 27.0. The van der Waals surface area contributed by atoms with Gasteiger partial charge in [0.2, 0.25) is 0 Å². The number of aliphatic imine (C=N–C) groups is 1. The van der Waals surface area contributed by atoms with Gasteiger partial charge in [-0.3, -0.25) is 4.99 Å². The Morgan fingerprint density at radius 1 is 1.24 bits per heavy atom. The highest BCUT2D eigenvalue weighted by Gasteiger charge is 2.41. The summed E-state index contributed by atoms with van der Waals surface area (Å²) < 4.78 is 1.44. The first-order valence-electron chi connectivity index (χ1n) is 9.66. The SMILES string of the molecule is Cc1c(C2CCN(C)C2(C)C)sc2ccc(C3=NC[C@@H](C)CC3)cc12. The second kappa shape index (κ2) is 6.21. The topological polar surface area (TPSA) is 15.6 Å². The van der Waals surface area contributed by atoms with Crippen LogP contribution in [0.4, 0.5) is 0 Å². The summed E-state index contributed by atoms with van der Waals surface area (Å²) in [6.07, 6.45) is 3.67. The van der Waals surface area contributed by atoms with Gasteiger partial charge in [0, 0.05) is 33.3 Å². The van der Waals surface area contributed by atoms with Gasteiger partial charge < -0.3 is 4.90 Å². The predicted molar refractivity (Wildman–Crippen MR) is 110 cm³/mol. The van der Waals surface area contributed by atoms with Gasteiger partial charge >= 0.3 is 0 Å². The van der Waals surface area contributed by atoms with E-state index in [0.717, 1.165) is 18.9 Å². The number of hydrogen-bond donors (Lipinski definition) is 0. The average Bonchev–Trinajstić information content (AvgIpc) is 3.05. The van der Waals surface area contributed by atoms with Crippen molar-refractivity contribution in [1.29, 1.82) is 0 Å². The van der Waals surface area contributed by atoms with Crippen molar-refractivity contribution >= 4 is 27.1 Å². The molecule has 4 rings (SSSR count). The molecule has 25 heavy (non-hydrogen) atoms. The monoisotopic (exact) mass is 354 g/mol. The van der Waals surface area contributed by atoms with Crippen molar-refractivity contribution in [2.45, 2.75) is 58.4 Å². The summed E-state index contributed by atoms with van der Waals surface area (Å²) in [6, 6.07) is 7.03. The third kappa shape index (κ3) is 2.86. The van der Waals surface area contributed by atoms with Crippen LogP contribution < -0.4 is 0 Å². The number of likely N-dealkylation sites (tertiary alicyclic amines) is 1. The summed E-state index contributed by atoms with van der Waals surface area (Å²) in [5.74, 6) is 1.38. The second-order valence-electron chi connectivity index (χ2n) is 8.65. The first kappa shape index (κ1) is 17.2. The van der Waals surface area contributed by atoms with Crippen molar-refractivity contribution < 1.29 is 0 Å². The summed E-state index contributed by atoms with van der Waals surface area (Å²) in [5.41, 5.74) is 4.40. The minimum Gasteiger partial charge on any atom is -0.301 e. The predicted octanol–water partition coefficient (Wildman–Crippen LogP) is 5.63. The Bertz CT molecular complexity index is 830. The minimum absolute atomic E-state index is 0.248. The van der Waals surface area contributed by atoms with Crippen LogP contribution in [0.15, 0.2) is 23.2 Å². The van der Waals surface area contributed by atoms with Gasteiger partial charge in [-0.1, -0.05) is 13.0 Å². The van der Waals surface area contributed by atoms with Crippen molar-refractivity contribution in [3.05, 3.63) is 34.2 Å². The van der Waals surface area contributed by atoms with Crippen LogP contribution in [0.3, 0.4) is 0 Å². The van der Waals surface area contributed by atoms with Gasteiger partial charge in [-0.25, -0.2) is 0 Å². The standard InChI is InChI=1S/C22H30N2S/c1-14-6-8-19(23-13-14)16-7-9-20-17(12-16)15(2)21(25-20)18-10-11-24(5)22(18,3)4/h7,9,12,14,18H,6,8,10-11,13H2,1-5H3/t14-,18?/m0/s1. The quantitative estimate of drug-likeness (QED) is 0.683. The molecule has 0 bridgehead atoms. The molecule has 134 valence electrons. The number of aryl methyl sites for hydroxylation is 1. The summed E-state index contributed by atoms with van der Waals surface area (Å²) in [4.78, 5) is 8.96. The number of benzene rings is 1. The molecule has 1 fully saturated rings. The summed E-state index contributed by atoms with van der Waals surface area (Å²) in [6.45, 7) is 11.6. The summed E-state index contributed by atoms with van der Waals surface area (Å²) in [7, 11) is 2.27. The highest BCUT2D eigenvalue weighted by atomic mass is 32.1. The number of nitrogens with zero attached hydrogens (tertiary/aromatic N) is 2.